The Balaban J connectivity index is 1.37. The third-order valence-corrected chi connectivity index (χ3v) is 4.26. The van der Waals surface area contributed by atoms with Gasteiger partial charge in [-0.2, -0.15) is 0 Å². The monoisotopic (exact) mass is 357 g/mol. The summed E-state index contributed by atoms with van der Waals surface area (Å²) in [6.07, 6.45) is 6.74. The topological polar surface area (TPSA) is 73.8 Å². The molecule has 3 heterocycles. The molecule has 1 amide bonds. The highest BCUT2D eigenvalue weighted by Gasteiger charge is 2.24. The van der Waals surface area contributed by atoms with Gasteiger partial charge in [0.2, 0.25) is 5.88 Å². The van der Waals surface area contributed by atoms with Gasteiger partial charge in [-0.05, 0) is 31.0 Å². The number of nitrogens with zero attached hydrogens (tertiary/aromatic N) is 3. The fourth-order valence-corrected chi connectivity index (χ4v) is 2.84. The number of methoxy groups -OCH3 is 1. The van der Waals surface area contributed by atoms with E-state index in [1.54, 1.807) is 37.8 Å². The minimum absolute atomic E-state index is 0.00138. The second kappa shape index (κ2) is 9.15. The molecule has 0 atom stereocenters. The van der Waals surface area contributed by atoms with Gasteiger partial charge in [-0.3, -0.25) is 9.78 Å². The van der Waals surface area contributed by atoms with Crippen LogP contribution in [0.3, 0.4) is 0 Å². The van der Waals surface area contributed by atoms with Crippen molar-refractivity contribution in [1.82, 2.24) is 14.9 Å². The molecule has 1 fully saturated rings. The third-order valence-electron chi connectivity index (χ3n) is 4.26. The first-order chi connectivity index (χ1) is 12.8. The number of hydrogen-bond acceptors (Lipinski definition) is 6. The molecule has 0 spiro atoms. The molecule has 1 aliphatic rings. The van der Waals surface area contributed by atoms with Gasteiger partial charge in [0.25, 0.3) is 5.91 Å². The predicted molar refractivity (Wildman–Crippen MR) is 95.4 cm³/mol. The summed E-state index contributed by atoms with van der Waals surface area (Å²) in [4.78, 5) is 22.4. The molecule has 26 heavy (non-hydrogen) atoms. The number of carbonyl (C=O) groups is 1. The van der Waals surface area contributed by atoms with Crippen molar-refractivity contribution >= 4 is 5.91 Å². The number of amides is 1. The minimum atomic E-state index is -0.00138. The highest BCUT2D eigenvalue weighted by Crippen LogP contribution is 2.17. The molecule has 2 aromatic heterocycles. The van der Waals surface area contributed by atoms with E-state index in [1.807, 2.05) is 17.0 Å². The van der Waals surface area contributed by atoms with Crippen LogP contribution in [-0.2, 0) is 4.74 Å². The number of rotatable bonds is 7. The van der Waals surface area contributed by atoms with Gasteiger partial charge < -0.3 is 19.1 Å². The number of likely N-dealkylation sites (tertiary alicyclic amines) is 1. The summed E-state index contributed by atoms with van der Waals surface area (Å²) in [5.41, 5.74) is 0.579. The molecule has 2 aromatic rings. The number of ether oxygens (including phenoxy) is 3. The molecule has 0 aliphatic carbocycles. The van der Waals surface area contributed by atoms with Crippen molar-refractivity contribution in [3.63, 3.8) is 0 Å². The van der Waals surface area contributed by atoms with E-state index >= 15 is 0 Å². The number of piperidine rings is 1. The van der Waals surface area contributed by atoms with Crippen LogP contribution in [0.4, 0.5) is 0 Å². The minimum Gasteiger partial charge on any atom is -0.490 e. The van der Waals surface area contributed by atoms with Crippen molar-refractivity contribution in [3.8, 4) is 11.6 Å². The standard InChI is InChI=1S/C19H23N3O4/c1-24-18-5-4-15(13-21-18)19(23)22-9-6-16(7-10-22)25-11-12-26-17-3-2-8-20-14-17/h2-5,8,13-14,16H,6-7,9-12H2,1H3. The van der Waals surface area contributed by atoms with Gasteiger partial charge in [0.1, 0.15) is 12.4 Å². The van der Waals surface area contributed by atoms with Crippen LogP contribution < -0.4 is 9.47 Å². The van der Waals surface area contributed by atoms with E-state index in [9.17, 15) is 4.79 Å². The first-order valence-corrected chi connectivity index (χ1v) is 8.70. The van der Waals surface area contributed by atoms with Gasteiger partial charge in [-0.25, -0.2) is 4.98 Å². The van der Waals surface area contributed by atoms with Gasteiger partial charge in [0, 0.05) is 31.5 Å². The average molecular weight is 357 g/mol. The molecule has 0 aromatic carbocycles. The summed E-state index contributed by atoms with van der Waals surface area (Å²) < 4.78 is 16.4. The average Bonchev–Trinajstić information content (AvgIpc) is 2.72. The lowest BCUT2D eigenvalue weighted by Gasteiger charge is -2.32. The van der Waals surface area contributed by atoms with Gasteiger partial charge in [-0.15, -0.1) is 0 Å². The van der Waals surface area contributed by atoms with Crippen molar-refractivity contribution in [3.05, 3.63) is 48.4 Å². The fraction of sp³-hybridized carbons (Fsp3) is 0.421. The number of carbonyl (C=O) groups excluding carboxylic acids is 1. The zero-order valence-electron chi connectivity index (χ0n) is 14.8. The smallest absolute Gasteiger partial charge is 0.255 e. The molecule has 138 valence electrons. The lowest BCUT2D eigenvalue weighted by Crippen LogP contribution is -2.41. The van der Waals surface area contributed by atoms with Gasteiger partial charge in [0.05, 0.1) is 31.6 Å². The lowest BCUT2D eigenvalue weighted by atomic mass is 10.1. The first-order valence-electron chi connectivity index (χ1n) is 8.70. The molecule has 0 saturated carbocycles. The van der Waals surface area contributed by atoms with E-state index in [-0.39, 0.29) is 12.0 Å². The number of pyridine rings is 2. The Hall–Kier alpha value is -2.67. The molecule has 7 heteroatoms. The summed E-state index contributed by atoms with van der Waals surface area (Å²) in [6, 6.07) is 7.14. The van der Waals surface area contributed by atoms with Crippen LogP contribution in [0.25, 0.3) is 0 Å². The molecule has 0 radical (unpaired) electrons. The second-order valence-corrected chi connectivity index (χ2v) is 5.99. The normalized spacial score (nSPS) is 14.9. The highest BCUT2D eigenvalue weighted by atomic mass is 16.5. The van der Waals surface area contributed by atoms with Crippen LogP contribution >= 0.6 is 0 Å². The van der Waals surface area contributed by atoms with E-state index in [0.717, 1.165) is 18.6 Å². The van der Waals surface area contributed by atoms with E-state index in [4.69, 9.17) is 14.2 Å². The van der Waals surface area contributed by atoms with Crippen LogP contribution in [0.2, 0.25) is 0 Å². The SMILES string of the molecule is COc1ccc(C(=O)N2CCC(OCCOc3cccnc3)CC2)cn1. The Labute approximate surface area is 152 Å². The van der Waals surface area contributed by atoms with Crippen LogP contribution in [0.15, 0.2) is 42.9 Å². The van der Waals surface area contributed by atoms with Crippen molar-refractivity contribution in [2.75, 3.05) is 33.4 Å². The van der Waals surface area contributed by atoms with Gasteiger partial charge >= 0.3 is 0 Å². The van der Waals surface area contributed by atoms with Crippen molar-refractivity contribution in [2.24, 2.45) is 0 Å². The van der Waals surface area contributed by atoms with Crippen LogP contribution in [-0.4, -0.2) is 60.3 Å². The quantitative estimate of drug-likeness (QED) is 0.707. The van der Waals surface area contributed by atoms with E-state index in [0.29, 0.717) is 37.7 Å². The molecule has 1 aliphatic heterocycles. The molecule has 7 nitrogen and oxygen atoms in total. The van der Waals surface area contributed by atoms with E-state index in [2.05, 4.69) is 9.97 Å². The lowest BCUT2D eigenvalue weighted by molar-refractivity contribution is -0.00242. The molecule has 0 N–H and O–H groups in total. The maximum atomic E-state index is 12.5. The van der Waals surface area contributed by atoms with E-state index in [1.165, 1.54) is 0 Å². The summed E-state index contributed by atoms with van der Waals surface area (Å²) in [5.74, 6) is 1.24. The second-order valence-electron chi connectivity index (χ2n) is 5.99. The molecule has 1 saturated heterocycles. The van der Waals surface area contributed by atoms with E-state index < -0.39 is 0 Å². The molecular formula is C19H23N3O4. The number of hydrogen-bond donors (Lipinski definition) is 0. The Morgan fingerprint density at radius 1 is 1.19 bits per heavy atom. The maximum absolute atomic E-state index is 12.5. The highest BCUT2D eigenvalue weighted by molar-refractivity contribution is 5.94. The third kappa shape index (κ3) is 4.92. The van der Waals surface area contributed by atoms with Crippen molar-refractivity contribution in [1.29, 1.82) is 0 Å². The Morgan fingerprint density at radius 3 is 2.69 bits per heavy atom. The predicted octanol–water partition coefficient (Wildman–Crippen LogP) is 2.19. The van der Waals surface area contributed by atoms with Crippen molar-refractivity contribution in [2.45, 2.75) is 18.9 Å². The van der Waals surface area contributed by atoms with Gasteiger partial charge in [0.15, 0.2) is 0 Å². The molecule has 0 bridgehead atoms. The molecule has 0 unspecified atom stereocenters. The molecular weight excluding hydrogens is 334 g/mol. The fourth-order valence-electron chi connectivity index (χ4n) is 2.84. The zero-order chi connectivity index (χ0) is 18.2. The van der Waals surface area contributed by atoms with Crippen LogP contribution in [0.1, 0.15) is 23.2 Å². The first kappa shape index (κ1) is 18.1. The van der Waals surface area contributed by atoms with Crippen LogP contribution in [0, 0.1) is 0 Å². The van der Waals surface area contributed by atoms with Crippen molar-refractivity contribution < 1.29 is 19.0 Å². The zero-order valence-corrected chi connectivity index (χ0v) is 14.8. The summed E-state index contributed by atoms with van der Waals surface area (Å²) >= 11 is 0. The van der Waals surface area contributed by atoms with Crippen LogP contribution in [0.5, 0.6) is 11.6 Å². The number of aromatic nitrogens is 2. The Morgan fingerprint density at radius 2 is 2.04 bits per heavy atom. The molecule has 3 rings (SSSR count). The summed E-state index contributed by atoms with van der Waals surface area (Å²) in [5, 5.41) is 0. The van der Waals surface area contributed by atoms with Gasteiger partial charge in [-0.1, -0.05) is 0 Å². The maximum Gasteiger partial charge on any atom is 0.255 e. The summed E-state index contributed by atoms with van der Waals surface area (Å²) in [7, 11) is 1.55. The Kier molecular flexibility index (Phi) is 6.38. The largest absolute Gasteiger partial charge is 0.490 e. The Bertz CT molecular complexity index is 686. The summed E-state index contributed by atoms with van der Waals surface area (Å²) in [6.45, 7) is 2.37.